The van der Waals surface area contributed by atoms with Crippen LogP contribution in [0.5, 0.6) is 0 Å². The number of ether oxygens (including phenoxy) is 1. The average Bonchev–Trinajstić information content (AvgIpc) is 2.41. The molecule has 6 nitrogen and oxygen atoms in total. The van der Waals surface area contributed by atoms with Gasteiger partial charge in [0.05, 0.1) is 25.7 Å². The zero-order valence-corrected chi connectivity index (χ0v) is 12.0. The number of carboxylic acids is 1. The monoisotopic (exact) mass is 284 g/mol. The SMILES string of the molecule is CC1CCCCC1NC(=O)N1CCOCC1CC(=O)O. The number of carbonyl (C=O) groups is 2. The Kier molecular flexibility index (Phi) is 5.23. The van der Waals surface area contributed by atoms with E-state index in [1.807, 2.05) is 0 Å². The van der Waals surface area contributed by atoms with Gasteiger partial charge in [0, 0.05) is 12.6 Å². The van der Waals surface area contributed by atoms with E-state index in [4.69, 9.17) is 9.84 Å². The van der Waals surface area contributed by atoms with Gasteiger partial charge < -0.3 is 20.1 Å². The molecule has 1 heterocycles. The summed E-state index contributed by atoms with van der Waals surface area (Å²) in [5.41, 5.74) is 0. The van der Waals surface area contributed by atoms with Gasteiger partial charge in [-0.15, -0.1) is 0 Å². The Hall–Kier alpha value is -1.30. The molecule has 1 saturated carbocycles. The molecule has 6 heteroatoms. The van der Waals surface area contributed by atoms with Gasteiger partial charge in [-0.1, -0.05) is 19.8 Å². The molecule has 20 heavy (non-hydrogen) atoms. The first kappa shape index (κ1) is 15.1. The Balaban J connectivity index is 1.93. The number of hydrogen-bond donors (Lipinski definition) is 2. The van der Waals surface area contributed by atoms with Crippen LogP contribution in [0.25, 0.3) is 0 Å². The standard InChI is InChI=1S/C14H24N2O4/c1-10-4-2-3-5-12(10)15-14(19)16-6-7-20-9-11(16)8-13(17)18/h10-12H,2-9H2,1H3,(H,15,19)(H,17,18). The Morgan fingerprint density at radius 1 is 1.35 bits per heavy atom. The summed E-state index contributed by atoms with van der Waals surface area (Å²) in [6.45, 7) is 3.41. The van der Waals surface area contributed by atoms with Crippen molar-refractivity contribution in [2.24, 2.45) is 5.92 Å². The van der Waals surface area contributed by atoms with E-state index in [1.165, 1.54) is 6.42 Å². The number of urea groups is 1. The third-order valence-corrected chi connectivity index (χ3v) is 4.32. The maximum absolute atomic E-state index is 12.4. The molecule has 2 amide bonds. The van der Waals surface area contributed by atoms with Gasteiger partial charge in [-0.05, 0) is 18.8 Å². The third kappa shape index (κ3) is 3.85. The largest absolute Gasteiger partial charge is 0.481 e. The Bertz CT molecular complexity index is 361. The molecule has 0 aromatic heterocycles. The molecule has 2 fully saturated rings. The highest BCUT2D eigenvalue weighted by Crippen LogP contribution is 2.24. The van der Waals surface area contributed by atoms with E-state index in [0.717, 1.165) is 19.3 Å². The lowest BCUT2D eigenvalue weighted by Gasteiger charge is -2.37. The van der Waals surface area contributed by atoms with Crippen molar-refractivity contribution in [3.8, 4) is 0 Å². The topological polar surface area (TPSA) is 78.9 Å². The van der Waals surface area contributed by atoms with E-state index in [9.17, 15) is 9.59 Å². The van der Waals surface area contributed by atoms with Crippen LogP contribution in [0.2, 0.25) is 0 Å². The van der Waals surface area contributed by atoms with Gasteiger partial charge in [0.2, 0.25) is 0 Å². The minimum absolute atomic E-state index is 0.0619. The number of aliphatic carboxylic acids is 1. The number of nitrogens with zero attached hydrogens (tertiary/aromatic N) is 1. The van der Waals surface area contributed by atoms with Crippen LogP contribution in [0.15, 0.2) is 0 Å². The van der Waals surface area contributed by atoms with Crippen molar-refractivity contribution in [3.63, 3.8) is 0 Å². The van der Waals surface area contributed by atoms with Gasteiger partial charge in [-0.3, -0.25) is 4.79 Å². The molecule has 0 spiro atoms. The molecule has 1 saturated heterocycles. The number of amides is 2. The number of carboxylic acid groups (broad SMARTS) is 1. The highest BCUT2D eigenvalue weighted by molar-refractivity contribution is 5.76. The van der Waals surface area contributed by atoms with Crippen molar-refractivity contribution in [2.75, 3.05) is 19.8 Å². The van der Waals surface area contributed by atoms with E-state index in [2.05, 4.69) is 12.2 Å². The van der Waals surface area contributed by atoms with Gasteiger partial charge in [-0.2, -0.15) is 0 Å². The van der Waals surface area contributed by atoms with Crippen molar-refractivity contribution in [2.45, 2.75) is 51.1 Å². The molecule has 1 aliphatic heterocycles. The summed E-state index contributed by atoms with van der Waals surface area (Å²) in [5.74, 6) is -0.406. The number of hydrogen-bond acceptors (Lipinski definition) is 3. The molecule has 3 atom stereocenters. The van der Waals surface area contributed by atoms with Gasteiger partial charge in [0.1, 0.15) is 0 Å². The second kappa shape index (κ2) is 6.92. The first-order chi connectivity index (χ1) is 9.58. The molecule has 3 unspecified atom stereocenters. The quantitative estimate of drug-likeness (QED) is 0.822. The van der Waals surface area contributed by atoms with Crippen molar-refractivity contribution in [1.82, 2.24) is 10.2 Å². The molecule has 2 aliphatic rings. The number of morpholine rings is 1. The predicted molar refractivity (Wildman–Crippen MR) is 73.5 cm³/mol. The molecule has 2 rings (SSSR count). The molecule has 0 bridgehead atoms. The number of rotatable bonds is 3. The molecule has 0 aromatic rings. The summed E-state index contributed by atoms with van der Waals surface area (Å²) >= 11 is 0. The molecule has 2 N–H and O–H groups in total. The lowest BCUT2D eigenvalue weighted by atomic mass is 9.86. The van der Waals surface area contributed by atoms with Crippen LogP contribution in [0.3, 0.4) is 0 Å². The lowest BCUT2D eigenvalue weighted by molar-refractivity contribution is -0.139. The second-order valence-corrected chi connectivity index (χ2v) is 5.84. The summed E-state index contributed by atoms with van der Waals surface area (Å²) in [4.78, 5) is 24.9. The van der Waals surface area contributed by atoms with E-state index < -0.39 is 5.97 Å². The van der Waals surface area contributed by atoms with Crippen LogP contribution in [-0.4, -0.2) is 53.8 Å². The number of nitrogens with one attached hydrogen (secondary N) is 1. The first-order valence-corrected chi connectivity index (χ1v) is 7.44. The Morgan fingerprint density at radius 2 is 2.10 bits per heavy atom. The molecule has 1 aliphatic carbocycles. The van der Waals surface area contributed by atoms with E-state index in [1.54, 1.807) is 4.90 Å². The zero-order chi connectivity index (χ0) is 14.5. The van der Waals surface area contributed by atoms with E-state index in [-0.39, 0.29) is 24.5 Å². The molecule has 114 valence electrons. The van der Waals surface area contributed by atoms with E-state index >= 15 is 0 Å². The minimum atomic E-state index is -0.899. The highest BCUT2D eigenvalue weighted by Gasteiger charge is 2.31. The normalized spacial score (nSPS) is 30.9. The summed E-state index contributed by atoms with van der Waals surface area (Å²) < 4.78 is 5.29. The van der Waals surface area contributed by atoms with Crippen LogP contribution >= 0.6 is 0 Å². The van der Waals surface area contributed by atoms with Crippen LogP contribution in [0.4, 0.5) is 4.79 Å². The van der Waals surface area contributed by atoms with Crippen molar-refractivity contribution >= 4 is 12.0 Å². The Morgan fingerprint density at radius 3 is 2.80 bits per heavy atom. The summed E-state index contributed by atoms with van der Waals surface area (Å²) in [6, 6.07) is -0.289. The fraction of sp³-hybridized carbons (Fsp3) is 0.857. The van der Waals surface area contributed by atoms with Gasteiger partial charge in [-0.25, -0.2) is 4.79 Å². The molecular weight excluding hydrogens is 260 g/mol. The molecule has 0 radical (unpaired) electrons. The van der Waals surface area contributed by atoms with Crippen LogP contribution in [0.1, 0.15) is 39.0 Å². The number of carbonyl (C=O) groups excluding carboxylic acids is 1. The van der Waals surface area contributed by atoms with Crippen LogP contribution in [0, 0.1) is 5.92 Å². The summed E-state index contributed by atoms with van der Waals surface area (Å²) in [7, 11) is 0. The smallest absolute Gasteiger partial charge is 0.318 e. The van der Waals surface area contributed by atoms with Gasteiger partial charge >= 0.3 is 12.0 Å². The maximum Gasteiger partial charge on any atom is 0.318 e. The average molecular weight is 284 g/mol. The zero-order valence-electron chi connectivity index (χ0n) is 12.0. The second-order valence-electron chi connectivity index (χ2n) is 5.84. The molecule has 0 aromatic carbocycles. The lowest BCUT2D eigenvalue weighted by Crippen LogP contribution is -2.56. The maximum atomic E-state index is 12.4. The van der Waals surface area contributed by atoms with Gasteiger partial charge in [0.25, 0.3) is 0 Å². The summed E-state index contributed by atoms with van der Waals surface area (Å²) in [5, 5.41) is 12.0. The predicted octanol–water partition coefficient (Wildman–Crippen LogP) is 1.45. The Labute approximate surface area is 119 Å². The summed E-state index contributed by atoms with van der Waals surface area (Å²) in [6.07, 6.45) is 4.48. The highest BCUT2D eigenvalue weighted by atomic mass is 16.5. The van der Waals surface area contributed by atoms with Crippen molar-refractivity contribution < 1.29 is 19.4 Å². The first-order valence-electron chi connectivity index (χ1n) is 7.44. The van der Waals surface area contributed by atoms with Crippen molar-refractivity contribution in [1.29, 1.82) is 0 Å². The fourth-order valence-electron chi connectivity index (χ4n) is 3.07. The van der Waals surface area contributed by atoms with Crippen LogP contribution in [-0.2, 0) is 9.53 Å². The fourth-order valence-corrected chi connectivity index (χ4v) is 3.07. The molecular formula is C14H24N2O4. The minimum Gasteiger partial charge on any atom is -0.481 e. The van der Waals surface area contributed by atoms with E-state index in [0.29, 0.717) is 25.7 Å². The van der Waals surface area contributed by atoms with Crippen molar-refractivity contribution in [3.05, 3.63) is 0 Å². The van der Waals surface area contributed by atoms with Gasteiger partial charge in [0.15, 0.2) is 0 Å². The van der Waals surface area contributed by atoms with Crippen LogP contribution < -0.4 is 5.32 Å². The third-order valence-electron chi connectivity index (χ3n) is 4.32.